The van der Waals surface area contributed by atoms with Crippen molar-refractivity contribution < 1.29 is 29.6 Å². The van der Waals surface area contributed by atoms with Gasteiger partial charge in [-0.15, -0.1) is 5.10 Å². The number of benzene rings is 2. The minimum atomic E-state index is -1.34. The van der Waals surface area contributed by atoms with Crippen LogP contribution >= 0.6 is 11.8 Å². The third kappa shape index (κ3) is 4.66. The normalized spacial score (nSPS) is 18.0. The molecule has 2 aromatic rings. The van der Waals surface area contributed by atoms with Crippen LogP contribution in [0.5, 0.6) is 17.2 Å². The number of carboxylic acid groups (broad SMARTS) is 1. The number of amides is 1. The molecule has 1 aliphatic rings. The number of hydrogen-bond acceptors (Lipinski definition) is 9. The fourth-order valence-electron chi connectivity index (χ4n) is 2.58. The highest BCUT2D eigenvalue weighted by Gasteiger charge is 2.39. The summed E-state index contributed by atoms with van der Waals surface area (Å²) in [7, 11) is 1.42. The Hall–Kier alpha value is -3.53. The number of thioether (sulfide) groups is 1. The molecule has 1 heterocycles. The van der Waals surface area contributed by atoms with Gasteiger partial charge in [-0.05, 0) is 48.0 Å². The van der Waals surface area contributed by atoms with Gasteiger partial charge in [0.1, 0.15) is 5.75 Å². The highest BCUT2D eigenvalue weighted by molar-refractivity contribution is 8.16. The Morgan fingerprint density at radius 2 is 2.00 bits per heavy atom. The average molecular weight is 414 g/mol. The number of phenolic OH excluding ortho intramolecular Hbond substituents is 2. The number of aliphatic carboxylic acids is 1. The van der Waals surface area contributed by atoms with E-state index in [0.29, 0.717) is 11.3 Å². The molecule has 1 atom stereocenters. The minimum Gasteiger partial charge on any atom is -0.550 e. The second-order valence-corrected chi connectivity index (χ2v) is 7.10. The number of carboxylic acids is 1. The molecule has 0 aliphatic carbocycles. The summed E-state index contributed by atoms with van der Waals surface area (Å²) >= 11 is 0.964. The van der Waals surface area contributed by atoms with Crippen molar-refractivity contribution in [2.24, 2.45) is 10.2 Å². The summed E-state index contributed by atoms with van der Waals surface area (Å²) in [6, 6.07) is 10.4. The molecule has 1 unspecified atom stereocenters. The van der Waals surface area contributed by atoms with Crippen molar-refractivity contribution >= 4 is 40.7 Å². The number of phenols is 2. The van der Waals surface area contributed by atoms with Gasteiger partial charge < -0.3 is 24.9 Å². The number of nitrogens with zero attached hydrogens (tertiary/aromatic N) is 3. The molecule has 9 nitrogen and oxygen atoms in total. The molecule has 0 saturated carbocycles. The summed E-state index contributed by atoms with van der Waals surface area (Å²) in [5.74, 6) is -1.53. The molecule has 29 heavy (non-hydrogen) atoms. The number of amidine groups is 1. The lowest BCUT2D eigenvalue weighted by molar-refractivity contribution is -0.305. The summed E-state index contributed by atoms with van der Waals surface area (Å²) in [4.78, 5) is 24.9. The first-order valence-corrected chi connectivity index (χ1v) is 9.24. The molecule has 0 aromatic heterocycles. The number of rotatable bonds is 6. The van der Waals surface area contributed by atoms with Crippen LogP contribution in [0.4, 0.5) is 5.69 Å². The zero-order chi connectivity index (χ0) is 21.0. The second kappa shape index (κ2) is 8.65. The van der Waals surface area contributed by atoms with Crippen molar-refractivity contribution in [3.63, 3.8) is 0 Å². The summed E-state index contributed by atoms with van der Waals surface area (Å²) in [6.45, 7) is 0. The molecule has 1 amide bonds. The molecule has 1 fully saturated rings. The third-order valence-electron chi connectivity index (χ3n) is 3.95. The first kappa shape index (κ1) is 20.2. The van der Waals surface area contributed by atoms with Gasteiger partial charge in [0, 0.05) is 12.4 Å². The molecule has 10 heteroatoms. The van der Waals surface area contributed by atoms with Gasteiger partial charge in [-0.25, -0.2) is 0 Å². The number of aromatic hydroxyl groups is 2. The van der Waals surface area contributed by atoms with Gasteiger partial charge in [0.05, 0.1) is 24.3 Å². The van der Waals surface area contributed by atoms with Gasteiger partial charge in [-0.1, -0.05) is 11.8 Å². The molecule has 0 bridgehead atoms. The van der Waals surface area contributed by atoms with Crippen LogP contribution in [0.2, 0.25) is 0 Å². The highest BCUT2D eigenvalue weighted by Crippen LogP contribution is 2.34. The van der Waals surface area contributed by atoms with E-state index in [1.165, 1.54) is 48.6 Å². The van der Waals surface area contributed by atoms with E-state index in [9.17, 15) is 24.9 Å². The van der Waals surface area contributed by atoms with E-state index in [1.54, 1.807) is 12.1 Å². The molecule has 3 rings (SSSR count). The zero-order valence-corrected chi connectivity index (χ0v) is 16.0. The summed E-state index contributed by atoms with van der Waals surface area (Å²) in [5, 5.41) is 37.4. The van der Waals surface area contributed by atoms with Crippen LogP contribution < -0.4 is 14.7 Å². The minimum absolute atomic E-state index is 0.0171. The number of methoxy groups -OCH3 is 1. The largest absolute Gasteiger partial charge is 0.550 e. The molecule has 2 aromatic carbocycles. The van der Waals surface area contributed by atoms with Gasteiger partial charge in [0.15, 0.2) is 16.7 Å². The smallest absolute Gasteiger partial charge is 0.247 e. The zero-order valence-electron chi connectivity index (χ0n) is 15.2. The number of hydrogen-bond donors (Lipinski definition) is 2. The molecule has 1 saturated heterocycles. The van der Waals surface area contributed by atoms with Crippen molar-refractivity contribution in [3.05, 3.63) is 48.0 Å². The fourth-order valence-corrected chi connectivity index (χ4v) is 3.65. The van der Waals surface area contributed by atoms with Gasteiger partial charge in [-0.3, -0.25) is 9.69 Å². The number of carbonyl (C=O) groups is 2. The predicted molar refractivity (Wildman–Crippen MR) is 106 cm³/mol. The highest BCUT2D eigenvalue weighted by atomic mass is 32.2. The van der Waals surface area contributed by atoms with E-state index in [0.717, 1.165) is 11.8 Å². The van der Waals surface area contributed by atoms with Crippen LogP contribution in [0.1, 0.15) is 12.0 Å². The second-order valence-electron chi connectivity index (χ2n) is 5.93. The molecular formula is C19H16N3O6S-. The maximum absolute atomic E-state index is 12.7. The van der Waals surface area contributed by atoms with Crippen LogP contribution in [0.15, 0.2) is 52.7 Å². The van der Waals surface area contributed by atoms with Gasteiger partial charge in [-0.2, -0.15) is 5.10 Å². The molecule has 1 aliphatic heterocycles. The van der Waals surface area contributed by atoms with E-state index >= 15 is 0 Å². The molecule has 2 N–H and O–H groups in total. The van der Waals surface area contributed by atoms with E-state index in [1.807, 2.05) is 0 Å². The Balaban J connectivity index is 1.89. The fraction of sp³-hybridized carbons (Fsp3) is 0.158. The van der Waals surface area contributed by atoms with Crippen LogP contribution in [-0.2, 0) is 9.59 Å². The van der Waals surface area contributed by atoms with Crippen LogP contribution in [0.25, 0.3) is 0 Å². The van der Waals surface area contributed by atoms with Crippen molar-refractivity contribution in [2.75, 3.05) is 12.0 Å². The van der Waals surface area contributed by atoms with E-state index < -0.39 is 23.5 Å². The summed E-state index contributed by atoms with van der Waals surface area (Å²) in [5.41, 5.74) is 1.02. The number of carbonyl (C=O) groups excluding carboxylic acids is 2. The van der Waals surface area contributed by atoms with Crippen molar-refractivity contribution in [3.8, 4) is 17.2 Å². The summed E-state index contributed by atoms with van der Waals surface area (Å²) < 4.78 is 5.03. The number of anilines is 1. The standard InChI is InChI=1S/C19H17N3O6S/c1-28-15-8-11(2-7-14(15)24)10-20-21-19-22(12-3-5-13(23)6-4-12)18(27)16(29-19)9-17(25)26/h2-8,10,16,23-24H,9H2,1H3,(H,25,26)/p-1/b20-10+,21-19?. The Kier molecular flexibility index (Phi) is 6.03. The molecule has 0 spiro atoms. The molecule has 150 valence electrons. The molecular weight excluding hydrogens is 398 g/mol. The van der Waals surface area contributed by atoms with Crippen molar-refractivity contribution in [2.45, 2.75) is 11.7 Å². The molecule has 0 radical (unpaired) electrons. The lowest BCUT2D eigenvalue weighted by Crippen LogP contribution is -2.35. The Morgan fingerprint density at radius 3 is 2.66 bits per heavy atom. The SMILES string of the molecule is COc1cc(/C=N/N=C2SC(CC(=O)[O-])C(=O)N2c2ccc(O)cc2)ccc1O. The van der Waals surface area contributed by atoms with Crippen molar-refractivity contribution in [1.29, 1.82) is 0 Å². The van der Waals surface area contributed by atoms with Crippen LogP contribution in [0, 0.1) is 0 Å². The van der Waals surface area contributed by atoms with E-state index in [-0.39, 0.29) is 22.4 Å². The maximum atomic E-state index is 12.7. The van der Waals surface area contributed by atoms with Crippen LogP contribution in [-0.4, -0.2) is 45.8 Å². The monoisotopic (exact) mass is 414 g/mol. The maximum Gasteiger partial charge on any atom is 0.247 e. The quantitative estimate of drug-likeness (QED) is 0.533. The number of ether oxygens (including phenoxy) is 1. The Labute approximate surface area is 170 Å². The third-order valence-corrected chi connectivity index (χ3v) is 5.08. The van der Waals surface area contributed by atoms with Gasteiger partial charge in [0.2, 0.25) is 5.91 Å². The Bertz CT molecular complexity index is 990. The Morgan fingerprint density at radius 1 is 1.28 bits per heavy atom. The lowest BCUT2D eigenvalue weighted by atomic mass is 10.2. The van der Waals surface area contributed by atoms with E-state index in [2.05, 4.69) is 10.2 Å². The van der Waals surface area contributed by atoms with E-state index in [4.69, 9.17) is 4.74 Å². The lowest BCUT2D eigenvalue weighted by Gasteiger charge is -2.16. The van der Waals surface area contributed by atoms with Crippen LogP contribution in [0.3, 0.4) is 0 Å². The first-order chi connectivity index (χ1) is 13.9. The topological polar surface area (TPSA) is 135 Å². The summed E-state index contributed by atoms with van der Waals surface area (Å²) in [6.07, 6.45) is 0.942. The van der Waals surface area contributed by atoms with Gasteiger partial charge >= 0.3 is 0 Å². The average Bonchev–Trinajstić information content (AvgIpc) is 2.98. The van der Waals surface area contributed by atoms with Gasteiger partial charge in [0.25, 0.3) is 0 Å². The first-order valence-electron chi connectivity index (χ1n) is 8.36. The predicted octanol–water partition coefficient (Wildman–Crippen LogP) is 1.08. The van der Waals surface area contributed by atoms with Crippen molar-refractivity contribution in [1.82, 2.24) is 0 Å².